The van der Waals surface area contributed by atoms with Gasteiger partial charge in [-0.15, -0.1) is 0 Å². The molecule has 118 valence electrons. The molecule has 4 nitrogen and oxygen atoms in total. The minimum Gasteiger partial charge on any atom is -0.489 e. The molecule has 0 fully saturated rings. The van der Waals surface area contributed by atoms with Crippen molar-refractivity contribution in [2.24, 2.45) is 5.92 Å². The van der Waals surface area contributed by atoms with Crippen molar-refractivity contribution in [2.45, 2.75) is 6.10 Å². The van der Waals surface area contributed by atoms with Gasteiger partial charge in [0.15, 0.2) is 5.78 Å². The number of Topliss-reactive ketones (excluding diaryl/α,β-unsaturated/α-hetero) is 1. The molecular formula is C20H14O4. The van der Waals surface area contributed by atoms with Crippen molar-refractivity contribution in [1.82, 2.24) is 0 Å². The maximum Gasteiger partial charge on any atom is 0.326 e. The highest BCUT2D eigenvalue weighted by molar-refractivity contribution is 6.13. The van der Waals surface area contributed by atoms with Crippen molar-refractivity contribution >= 4 is 11.8 Å². The molecule has 2 aromatic carbocycles. The molecule has 0 spiro atoms. The van der Waals surface area contributed by atoms with E-state index in [1.54, 1.807) is 54.8 Å². The van der Waals surface area contributed by atoms with E-state index in [-0.39, 0.29) is 5.78 Å². The van der Waals surface area contributed by atoms with Crippen LogP contribution in [0.1, 0.15) is 22.0 Å². The zero-order valence-corrected chi connectivity index (χ0v) is 12.7. The zero-order chi connectivity index (χ0) is 16.5. The highest BCUT2D eigenvalue weighted by Crippen LogP contribution is 2.42. The fraction of sp³-hybridized carbons (Fsp3) is 0.100. The Morgan fingerprint density at radius 3 is 2.58 bits per heavy atom. The molecule has 4 heteroatoms. The van der Waals surface area contributed by atoms with Crippen LogP contribution in [0.2, 0.25) is 0 Å². The van der Waals surface area contributed by atoms with Gasteiger partial charge in [-0.3, -0.25) is 9.59 Å². The molecule has 0 radical (unpaired) electrons. The van der Waals surface area contributed by atoms with Gasteiger partial charge in [0.1, 0.15) is 17.8 Å². The van der Waals surface area contributed by atoms with Crippen molar-refractivity contribution in [2.75, 3.05) is 0 Å². The van der Waals surface area contributed by atoms with Crippen molar-refractivity contribution < 1.29 is 19.1 Å². The first-order chi connectivity index (χ1) is 11.8. The van der Waals surface area contributed by atoms with E-state index in [2.05, 4.69) is 0 Å². The quantitative estimate of drug-likeness (QED) is 0.482. The smallest absolute Gasteiger partial charge is 0.326 e. The van der Waals surface area contributed by atoms with E-state index in [4.69, 9.17) is 9.47 Å². The third-order valence-corrected chi connectivity index (χ3v) is 4.19. The zero-order valence-electron chi connectivity index (χ0n) is 12.7. The first kappa shape index (κ1) is 14.5. The van der Waals surface area contributed by atoms with Gasteiger partial charge in [-0.1, -0.05) is 48.5 Å². The Bertz CT molecular complexity index is 864. The number of hydrogen-bond acceptors (Lipinski definition) is 4. The van der Waals surface area contributed by atoms with Crippen LogP contribution in [-0.4, -0.2) is 11.8 Å². The van der Waals surface area contributed by atoms with Crippen LogP contribution < -0.4 is 4.74 Å². The molecule has 0 bridgehead atoms. The molecule has 2 atom stereocenters. The maximum absolute atomic E-state index is 12.9. The second-order valence-electron chi connectivity index (χ2n) is 5.63. The molecule has 0 amide bonds. The lowest BCUT2D eigenvalue weighted by Gasteiger charge is -2.33. The van der Waals surface area contributed by atoms with E-state index in [9.17, 15) is 9.59 Å². The van der Waals surface area contributed by atoms with Gasteiger partial charge in [-0.05, 0) is 23.8 Å². The van der Waals surface area contributed by atoms with E-state index in [0.29, 0.717) is 16.9 Å². The van der Waals surface area contributed by atoms with Crippen LogP contribution in [0, 0.1) is 5.92 Å². The molecule has 1 aliphatic carbocycles. The Labute approximate surface area is 139 Å². The molecule has 1 aliphatic heterocycles. The lowest BCUT2D eigenvalue weighted by atomic mass is 9.76. The summed E-state index contributed by atoms with van der Waals surface area (Å²) in [5.41, 5.74) is 1.90. The number of allylic oxidation sites excluding steroid dienone is 2. The third kappa shape index (κ3) is 2.33. The number of ketones is 1. The lowest BCUT2D eigenvalue weighted by Crippen LogP contribution is -2.37. The first-order valence-electron chi connectivity index (χ1n) is 7.67. The fourth-order valence-corrected chi connectivity index (χ4v) is 3.10. The van der Waals surface area contributed by atoms with Crippen molar-refractivity contribution in [3.63, 3.8) is 0 Å². The van der Waals surface area contributed by atoms with Gasteiger partial charge >= 0.3 is 5.97 Å². The van der Waals surface area contributed by atoms with E-state index >= 15 is 0 Å². The predicted octanol–water partition coefficient (Wildman–Crippen LogP) is 3.62. The highest BCUT2D eigenvalue weighted by atomic mass is 16.5. The average Bonchev–Trinajstić information content (AvgIpc) is 2.63. The number of para-hydroxylation sites is 1. The van der Waals surface area contributed by atoms with E-state index in [0.717, 1.165) is 5.56 Å². The molecule has 2 aliphatic rings. The Kier molecular flexibility index (Phi) is 3.50. The Morgan fingerprint density at radius 1 is 1.00 bits per heavy atom. The number of carbonyl (C=O) groups is 2. The summed E-state index contributed by atoms with van der Waals surface area (Å²) < 4.78 is 11.1. The monoisotopic (exact) mass is 318 g/mol. The molecule has 0 saturated heterocycles. The van der Waals surface area contributed by atoms with Gasteiger partial charge in [-0.2, -0.15) is 0 Å². The van der Waals surface area contributed by atoms with Crippen molar-refractivity contribution in [3.05, 3.63) is 89.7 Å². The molecule has 2 aromatic rings. The average molecular weight is 318 g/mol. The highest BCUT2D eigenvalue weighted by Gasteiger charge is 2.44. The van der Waals surface area contributed by atoms with Gasteiger partial charge in [0, 0.05) is 11.1 Å². The summed E-state index contributed by atoms with van der Waals surface area (Å²) in [5.74, 6) is -1.42. The summed E-state index contributed by atoms with van der Waals surface area (Å²) in [4.78, 5) is 25.6. The van der Waals surface area contributed by atoms with E-state index in [1.807, 2.05) is 18.2 Å². The Balaban J connectivity index is 1.74. The number of rotatable bonds is 2. The number of hydrogen-bond donors (Lipinski definition) is 0. The van der Waals surface area contributed by atoms with Gasteiger partial charge < -0.3 is 9.47 Å². The normalized spacial score (nSPS) is 21.2. The van der Waals surface area contributed by atoms with Crippen LogP contribution in [-0.2, 0) is 9.53 Å². The number of ether oxygens (including phenoxy) is 2. The maximum atomic E-state index is 12.9. The van der Waals surface area contributed by atoms with Crippen LogP contribution in [0.3, 0.4) is 0 Å². The molecule has 0 N–H and O–H groups in total. The van der Waals surface area contributed by atoms with Crippen LogP contribution >= 0.6 is 0 Å². The van der Waals surface area contributed by atoms with E-state index in [1.165, 1.54) is 0 Å². The number of benzene rings is 2. The molecule has 1 heterocycles. The van der Waals surface area contributed by atoms with Crippen LogP contribution in [0.4, 0.5) is 0 Å². The van der Waals surface area contributed by atoms with Crippen LogP contribution in [0.15, 0.2) is 78.6 Å². The summed E-state index contributed by atoms with van der Waals surface area (Å²) in [6, 6.07) is 16.0. The van der Waals surface area contributed by atoms with Gasteiger partial charge in [-0.25, -0.2) is 0 Å². The third-order valence-electron chi connectivity index (χ3n) is 4.19. The standard InChI is InChI=1S/C20H14O4/c21-18-14-9-4-5-10-15(14)19-16(11-6-12-23-19)17(18)20(22)24-13-7-2-1-3-8-13/h1-12,17,19H. The summed E-state index contributed by atoms with van der Waals surface area (Å²) >= 11 is 0. The summed E-state index contributed by atoms with van der Waals surface area (Å²) in [6.07, 6.45) is 4.59. The van der Waals surface area contributed by atoms with Gasteiger partial charge in [0.25, 0.3) is 0 Å². The minimum absolute atomic E-state index is 0.257. The largest absolute Gasteiger partial charge is 0.489 e. The summed E-state index contributed by atoms with van der Waals surface area (Å²) in [7, 11) is 0. The minimum atomic E-state index is -0.991. The molecule has 24 heavy (non-hydrogen) atoms. The molecule has 2 unspecified atom stereocenters. The number of carbonyl (C=O) groups excluding carboxylic acids is 2. The topological polar surface area (TPSA) is 52.6 Å². The number of fused-ring (bicyclic) bond motifs is 3. The fourth-order valence-electron chi connectivity index (χ4n) is 3.10. The molecule has 0 aromatic heterocycles. The van der Waals surface area contributed by atoms with Crippen molar-refractivity contribution in [3.8, 4) is 5.75 Å². The lowest BCUT2D eigenvalue weighted by molar-refractivity contribution is -0.136. The van der Waals surface area contributed by atoms with Crippen molar-refractivity contribution in [1.29, 1.82) is 0 Å². The Hall–Kier alpha value is -3.14. The van der Waals surface area contributed by atoms with Crippen LogP contribution in [0.25, 0.3) is 0 Å². The molecular weight excluding hydrogens is 304 g/mol. The predicted molar refractivity (Wildman–Crippen MR) is 87.4 cm³/mol. The molecule has 0 saturated carbocycles. The SMILES string of the molecule is O=C(Oc1ccccc1)C1C(=O)c2ccccc2C2OC=CC=C12. The van der Waals surface area contributed by atoms with E-state index < -0.39 is 18.0 Å². The van der Waals surface area contributed by atoms with Gasteiger partial charge in [0.2, 0.25) is 0 Å². The second-order valence-corrected chi connectivity index (χ2v) is 5.63. The summed E-state index contributed by atoms with van der Waals surface area (Å²) in [5, 5.41) is 0. The molecule has 4 rings (SSSR count). The van der Waals surface area contributed by atoms with Crippen LogP contribution in [0.5, 0.6) is 5.75 Å². The number of esters is 1. The second kappa shape index (κ2) is 5.81. The van der Waals surface area contributed by atoms with Gasteiger partial charge in [0.05, 0.1) is 6.26 Å². The first-order valence-corrected chi connectivity index (χ1v) is 7.67. The Morgan fingerprint density at radius 2 is 1.75 bits per heavy atom. The summed E-state index contributed by atoms with van der Waals surface area (Å²) in [6.45, 7) is 0.